The third-order valence-corrected chi connectivity index (χ3v) is 2.66. The fourth-order valence-corrected chi connectivity index (χ4v) is 1.70. The highest BCUT2D eigenvalue weighted by molar-refractivity contribution is 9.10. The average Bonchev–Trinajstić information content (AvgIpc) is 2.30. The third-order valence-electron chi connectivity index (χ3n) is 2.04. The smallest absolute Gasteiger partial charge is 0.481 e. The SMILES string of the molecule is O=C(O)CCNC(=O)Nc1ccc(OC(F)(F)F)c(Br)c1. The second-order valence-electron chi connectivity index (χ2n) is 3.72. The van der Waals surface area contributed by atoms with E-state index in [0.29, 0.717) is 0 Å². The Morgan fingerprint density at radius 3 is 2.52 bits per heavy atom. The normalized spacial score (nSPS) is 10.9. The molecular weight excluding hydrogens is 361 g/mol. The molecular formula is C11H10BrF3N2O4. The van der Waals surface area contributed by atoms with Gasteiger partial charge >= 0.3 is 18.4 Å². The van der Waals surface area contributed by atoms with Gasteiger partial charge in [-0.05, 0) is 34.1 Å². The van der Waals surface area contributed by atoms with Crippen molar-refractivity contribution in [2.75, 3.05) is 11.9 Å². The number of carboxylic acid groups (broad SMARTS) is 1. The zero-order valence-electron chi connectivity index (χ0n) is 10.3. The third kappa shape index (κ3) is 6.84. The lowest BCUT2D eigenvalue weighted by Gasteiger charge is -2.12. The van der Waals surface area contributed by atoms with Crippen molar-refractivity contribution in [3.8, 4) is 5.75 Å². The van der Waals surface area contributed by atoms with Crippen molar-refractivity contribution in [1.82, 2.24) is 5.32 Å². The minimum absolute atomic E-state index is 0.00293. The number of ether oxygens (including phenoxy) is 1. The van der Waals surface area contributed by atoms with Gasteiger partial charge in [-0.1, -0.05) is 0 Å². The number of nitrogens with one attached hydrogen (secondary N) is 2. The summed E-state index contributed by atoms with van der Waals surface area (Å²) in [6, 6.07) is 2.79. The number of urea groups is 1. The van der Waals surface area contributed by atoms with Crippen molar-refractivity contribution < 1.29 is 32.6 Å². The fourth-order valence-electron chi connectivity index (χ4n) is 1.24. The quantitative estimate of drug-likeness (QED) is 0.743. The molecule has 2 amide bonds. The highest BCUT2D eigenvalue weighted by atomic mass is 79.9. The van der Waals surface area contributed by atoms with Gasteiger partial charge in [-0.2, -0.15) is 0 Å². The zero-order valence-corrected chi connectivity index (χ0v) is 11.9. The zero-order chi connectivity index (χ0) is 16.0. The summed E-state index contributed by atoms with van der Waals surface area (Å²) in [5.41, 5.74) is 0.212. The van der Waals surface area contributed by atoms with Crippen LogP contribution in [-0.2, 0) is 4.79 Å². The summed E-state index contributed by atoms with van der Waals surface area (Å²) in [7, 11) is 0. The van der Waals surface area contributed by atoms with E-state index in [1.165, 1.54) is 12.1 Å². The maximum absolute atomic E-state index is 12.1. The highest BCUT2D eigenvalue weighted by Crippen LogP contribution is 2.32. The number of carboxylic acids is 1. The van der Waals surface area contributed by atoms with Gasteiger partial charge in [0.15, 0.2) is 0 Å². The number of aliphatic carboxylic acids is 1. The fraction of sp³-hybridized carbons (Fsp3) is 0.273. The Hall–Kier alpha value is -1.97. The monoisotopic (exact) mass is 370 g/mol. The Bertz CT molecular complexity index is 537. The van der Waals surface area contributed by atoms with Crippen molar-refractivity contribution in [2.24, 2.45) is 0 Å². The summed E-state index contributed by atoms with van der Waals surface area (Å²) in [6.07, 6.45) is -5.05. The first-order chi connectivity index (χ1) is 9.67. The van der Waals surface area contributed by atoms with E-state index in [4.69, 9.17) is 5.11 Å². The van der Waals surface area contributed by atoms with Crippen LogP contribution in [0.5, 0.6) is 5.75 Å². The molecule has 0 bridgehead atoms. The van der Waals surface area contributed by atoms with E-state index in [0.717, 1.165) is 6.07 Å². The van der Waals surface area contributed by atoms with Gasteiger partial charge in [0.25, 0.3) is 0 Å². The summed E-state index contributed by atoms with van der Waals surface area (Å²) in [4.78, 5) is 21.6. The number of halogens is 4. The summed E-state index contributed by atoms with van der Waals surface area (Å²) >= 11 is 2.89. The molecule has 0 fully saturated rings. The minimum Gasteiger partial charge on any atom is -0.481 e. The van der Waals surface area contributed by atoms with Crippen molar-refractivity contribution in [3.05, 3.63) is 22.7 Å². The first kappa shape index (κ1) is 17.1. The van der Waals surface area contributed by atoms with Crippen LogP contribution in [-0.4, -0.2) is 30.0 Å². The maximum atomic E-state index is 12.1. The Kier molecular flexibility index (Phi) is 5.82. The van der Waals surface area contributed by atoms with Gasteiger partial charge in [-0.3, -0.25) is 4.79 Å². The molecule has 1 aromatic rings. The summed E-state index contributed by atoms with van der Waals surface area (Å²) in [5.74, 6) is -1.51. The van der Waals surface area contributed by atoms with E-state index in [-0.39, 0.29) is 23.1 Å². The van der Waals surface area contributed by atoms with Gasteiger partial charge in [0.2, 0.25) is 0 Å². The number of alkyl halides is 3. The lowest BCUT2D eigenvalue weighted by atomic mass is 10.3. The van der Waals surface area contributed by atoms with Crippen LogP contribution in [0.3, 0.4) is 0 Å². The maximum Gasteiger partial charge on any atom is 0.573 e. The molecule has 0 radical (unpaired) electrons. The topological polar surface area (TPSA) is 87.7 Å². The second kappa shape index (κ2) is 7.16. The molecule has 116 valence electrons. The standard InChI is InChI=1S/C11H10BrF3N2O4/c12-7-5-6(1-2-8(7)21-11(13,14)15)17-10(20)16-4-3-9(18)19/h1-2,5H,3-4H2,(H,18,19)(H2,16,17,20). The van der Waals surface area contributed by atoms with Crippen LogP contribution in [0.1, 0.15) is 6.42 Å². The molecule has 0 heterocycles. The molecule has 0 aliphatic rings. The number of carbonyl (C=O) groups is 2. The van der Waals surface area contributed by atoms with Gasteiger partial charge in [-0.15, -0.1) is 13.2 Å². The predicted molar refractivity (Wildman–Crippen MR) is 70.1 cm³/mol. The predicted octanol–water partition coefficient (Wildman–Crippen LogP) is 2.94. The lowest BCUT2D eigenvalue weighted by Crippen LogP contribution is -2.30. The molecule has 0 aliphatic heterocycles. The van der Waals surface area contributed by atoms with Crippen LogP contribution in [0, 0.1) is 0 Å². The molecule has 0 unspecified atom stereocenters. The largest absolute Gasteiger partial charge is 0.573 e. The molecule has 0 saturated heterocycles. The van der Waals surface area contributed by atoms with Crippen molar-refractivity contribution in [2.45, 2.75) is 12.8 Å². The van der Waals surface area contributed by atoms with Gasteiger partial charge in [0.1, 0.15) is 5.75 Å². The van der Waals surface area contributed by atoms with Gasteiger partial charge in [-0.25, -0.2) is 4.79 Å². The van der Waals surface area contributed by atoms with Gasteiger partial charge in [0, 0.05) is 12.2 Å². The first-order valence-electron chi connectivity index (χ1n) is 5.49. The van der Waals surface area contributed by atoms with Crippen LogP contribution >= 0.6 is 15.9 Å². The average molecular weight is 371 g/mol. The molecule has 1 rings (SSSR count). The van der Waals surface area contributed by atoms with E-state index in [1.54, 1.807) is 0 Å². The molecule has 1 aromatic carbocycles. The molecule has 0 aliphatic carbocycles. The Labute approximate surface area is 125 Å². The van der Waals surface area contributed by atoms with Crippen LogP contribution in [0.15, 0.2) is 22.7 Å². The molecule has 0 atom stereocenters. The van der Waals surface area contributed by atoms with Gasteiger partial charge in [0.05, 0.1) is 10.9 Å². The van der Waals surface area contributed by atoms with Crippen molar-refractivity contribution >= 4 is 33.6 Å². The number of rotatable bonds is 5. The summed E-state index contributed by atoms with van der Waals surface area (Å²) < 4.78 is 39.9. The molecule has 0 aromatic heterocycles. The minimum atomic E-state index is -4.81. The molecule has 3 N–H and O–H groups in total. The Morgan fingerprint density at radius 2 is 2.00 bits per heavy atom. The molecule has 0 spiro atoms. The molecule has 6 nitrogen and oxygen atoms in total. The molecule has 10 heteroatoms. The molecule has 0 saturated carbocycles. The Morgan fingerprint density at radius 1 is 1.33 bits per heavy atom. The van der Waals surface area contributed by atoms with E-state index < -0.39 is 24.1 Å². The van der Waals surface area contributed by atoms with E-state index >= 15 is 0 Å². The van der Waals surface area contributed by atoms with Crippen LogP contribution in [0.4, 0.5) is 23.7 Å². The van der Waals surface area contributed by atoms with Crippen molar-refractivity contribution in [1.29, 1.82) is 0 Å². The van der Waals surface area contributed by atoms with E-state index in [1.807, 2.05) is 0 Å². The van der Waals surface area contributed by atoms with E-state index in [2.05, 4.69) is 31.3 Å². The number of anilines is 1. The number of hydrogen-bond acceptors (Lipinski definition) is 3. The molecule has 21 heavy (non-hydrogen) atoms. The number of carbonyl (C=O) groups excluding carboxylic acids is 1. The lowest BCUT2D eigenvalue weighted by molar-refractivity contribution is -0.274. The van der Waals surface area contributed by atoms with Crippen LogP contribution in [0.25, 0.3) is 0 Å². The number of benzene rings is 1. The number of hydrogen-bond donors (Lipinski definition) is 3. The highest BCUT2D eigenvalue weighted by Gasteiger charge is 2.31. The van der Waals surface area contributed by atoms with Gasteiger partial charge < -0.3 is 20.5 Å². The van der Waals surface area contributed by atoms with Crippen LogP contribution < -0.4 is 15.4 Å². The van der Waals surface area contributed by atoms with Crippen molar-refractivity contribution in [3.63, 3.8) is 0 Å². The number of amides is 2. The van der Waals surface area contributed by atoms with Crippen LogP contribution in [0.2, 0.25) is 0 Å². The second-order valence-corrected chi connectivity index (χ2v) is 4.57. The first-order valence-corrected chi connectivity index (χ1v) is 6.28. The summed E-state index contributed by atoms with van der Waals surface area (Å²) in [6.45, 7) is -0.0718. The summed E-state index contributed by atoms with van der Waals surface area (Å²) in [5, 5.41) is 13.0. The Balaban J connectivity index is 2.59. The van der Waals surface area contributed by atoms with E-state index in [9.17, 15) is 22.8 Å².